The average molecular weight is 167 g/mol. The van der Waals surface area contributed by atoms with E-state index in [0.717, 1.165) is 6.26 Å². The summed E-state index contributed by atoms with van der Waals surface area (Å²) in [5, 5.41) is 10.1. The lowest BCUT2D eigenvalue weighted by Crippen LogP contribution is -2.13. The quantitative estimate of drug-likeness (QED) is 0.555. The Hall–Kier alpha value is -0.130. The Morgan fingerprint density at radius 2 is 2.00 bits per heavy atom. The normalized spacial score (nSPS) is 15.1. The lowest BCUT2D eigenvalue weighted by molar-refractivity contribution is 0.121. The minimum absolute atomic E-state index is 0.0116. The summed E-state index contributed by atoms with van der Waals surface area (Å²) in [5.74, 6) is -0.241. The Bertz CT molecular complexity index is 172. The molecule has 0 aliphatic rings. The SMILES string of the molecule is CC(C[O])COS(C)(=O)=O. The van der Waals surface area contributed by atoms with Crippen molar-refractivity contribution in [1.82, 2.24) is 0 Å². The highest BCUT2D eigenvalue weighted by molar-refractivity contribution is 7.85. The predicted molar refractivity (Wildman–Crippen MR) is 35.5 cm³/mol. The van der Waals surface area contributed by atoms with Gasteiger partial charge in [-0.2, -0.15) is 8.42 Å². The summed E-state index contributed by atoms with van der Waals surface area (Å²) in [6.07, 6.45) is 0.963. The largest absolute Gasteiger partial charge is 0.270 e. The van der Waals surface area contributed by atoms with E-state index in [1.54, 1.807) is 6.92 Å². The van der Waals surface area contributed by atoms with Gasteiger partial charge in [0.2, 0.25) is 0 Å². The maximum absolute atomic E-state index is 10.3. The van der Waals surface area contributed by atoms with Gasteiger partial charge in [0.05, 0.1) is 19.5 Å². The monoisotopic (exact) mass is 167 g/mol. The molecule has 0 aliphatic carbocycles. The molecule has 0 aromatic rings. The minimum Gasteiger partial charge on any atom is -0.270 e. The zero-order valence-electron chi connectivity index (χ0n) is 6.03. The van der Waals surface area contributed by atoms with E-state index < -0.39 is 10.1 Å². The zero-order valence-corrected chi connectivity index (χ0v) is 6.85. The third-order valence-corrected chi connectivity index (χ3v) is 1.42. The molecule has 0 rings (SSSR count). The summed E-state index contributed by atoms with van der Waals surface area (Å²) in [4.78, 5) is 0. The molecule has 0 aliphatic heterocycles. The second-order valence-corrected chi connectivity index (χ2v) is 3.90. The molecule has 0 spiro atoms. The van der Waals surface area contributed by atoms with Gasteiger partial charge in [0.1, 0.15) is 0 Å². The maximum Gasteiger partial charge on any atom is 0.264 e. The smallest absolute Gasteiger partial charge is 0.264 e. The minimum atomic E-state index is -3.37. The highest BCUT2D eigenvalue weighted by Gasteiger charge is 2.06. The second kappa shape index (κ2) is 3.90. The van der Waals surface area contributed by atoms with Gasteiger partial charge in [-0.15, -0.1) is 0 Å². The van der Waals surface area contributed by atoms with Crippen molar-refractivity contribution in [3.8, 4) is 0 Å². The summed E-state index contributed by atoms with van der Waals surface area (Å²) in [7, 11) is -3.37. The van der Waals surface area contributed by atoms with Gasteiger partial charge in [-0.05, 0) is 0 Å². The first-order valence-corrected chi connectivity index (χ1v) is 4.70. The van der Waals surface area contributed by atoms with Gasteiger partial charge in [-0.3, -0.25) is 4.18 Å². The van der Waals surface area contributed by atoms with Crippen LogP contribution in [0.2, 0.25) is 0 Å². The third kappa shape index (κ3) is 6.00. The molecule has 0 fully saturated rings. The van der Waals surface area contributed by atoms with Crippen molar-refractivity contribution >= 4 is 10.1 Å². The summed E-state index contributed by atoms with van der Waals surface area (Å²) >= 11 is 0. The first-order chi connectivity index (χ1) is 4.45. The highest BCUT2D eigenvalue weighted by atomic mass is 32.2. The molecular formula is C5H11O4S. The van der Waals surface area contributed by atoms with Crippen molar-refractivity contribution in [3.63, 3.8) is 0 Å². The van der Waals surface area contributed by atoms with Crippen molar-refractivity contribution in [2.45, 2.75) is 6.92 Å². The standard InChI is InChI=1S/C5H11O4S/c1-5(3-6)4-9-10(2,7)8/h5H,3-4H2,1-2H3. The molecule has 0 aromatic carbocycles. The summed E-state index contributed by atoms with van der Waals surface area (Å²) in [6.45, 7) is 1.32. The Balaban J connectivity index is 3.56. The summed E-state index contributed by atoms with van der Waals surface area (Å²) in [5.41, 5.74) is 0. The molecule has 0 heterocycles. The highest BCUT2D eigenvalue weighted by Crippen LogP contribution is 1.96. The van der Waals surface area contributed by atoms with E-state index in [4.69, 9.17) is 0 Å². The average Bonchev–Trinajstić information content (AvgIpc) is 1.81. The van der Waals surface area contributed by atoms with Gasteiger partial charge < -0.3 is 0 Å². The molecule has 1 unspecified atom stereocenters. The first-order valence-electron chi connectivity index (χ1n) is 2.88. The molecule has 0 bridgehead atoms. The Kier molecular flexibility index (Phi) is 3.85. The molecule has 61 valence electrons. The first kappa shape index (κ1) is 9.87. The van der Waals surface area contributed by atoms with Crippen LogP contribution in [0.5, 0.6) is 0 Å². The van der Waals surface area contributed by atoms with Crippen molar-refractivity contribution in [2.24, 2.45) is 5.92 Å². The van der Waals surface area contributed by atoms with E-state index in [2.05, 4.69) is 4.18 Å². The fourth-order valence-corrected chi connectivity index (χ4v) is 0.767. The van der Waals surface area contributed by atoms with E-state index in [0.29, 0.717) is 0 Å². The van der Waals surface area contributed by atoms with Gasteiger partial charge in [-0.1, -0.05) is 6.92 Å². The molecule has 4 nitrogen and oxygen atoms in total. The van der Waals surface area contributed by atoms with Crippen LogP contribution in [0.25, 0.3) is 0 Å². The second-order valence-electron chi connectivity index (χ2n) is 2.26. The Morgan fingerprint density at radius 1 is 1.50 bits per heavy atom. The van der Waals surface area contributed by atoms with Crippen LogP contribution in [0, 0.1) is 5.92 Å². The van der Waals surface area contributed by atoms with Crippen molar-refractivity contribution in [1.29, 1.82) is 0 Å². The zero-order chi connectivity index (χ0) is 8.20. The number of rotatable bonds is 4. The summed E-state index contributed by atoms with van der Waals surface area (Å²) in [6, 6.07) is 0. The summed E-state index contributed by atoms with van der Waals surface area (Å²) < 4.78 is 25.0. The molecular weight excluding hydrogens is 156 g/mol. The molecule has 0 amide bonds. The van der Waals surface area contributed by atoms with Crippen LogP contribution in [0.15, 0.2) is 0 Å². The lowest BCUT2D eigenvalue weighted by atomic mass is 10.2. The van der Waals surface area contributed by atoms with Crippen molar-refractivity contribution in [3.05, 3.63) is 0 Å². The van der Waals surface area contributed by atoms with E-state index in [1.807, 2.05) is 0 Å². The van der Waals surface area contributed by atoms with Crippen molar-refractivity contribution < 1.29 is 17.7 Å². The van der Waals surface area contributed by atoms with Crippen LogP contribution in [-0.4, -0.2) is 27.9 Å². The van der Waals surface area contributed by atoms with Crippen LogP contribution in [0.3, 0.4) is 0 Å². The predicted octanol–water partition coefficient (Wildman–Crippen LogP) is 0.0292. The molecule has 1 radical (unpaired) electrons. The van der Waals surface area contributed by atoms with Gasteiger partial charge in [0.25, 0.3) is 10.1 Å². The van der Waals surface area contributed by atoms with E-state index in [9.17, 15) is 13.5 Å². The fourth-order valence-electron chi connectivity index (χ4n) is 0.288. The van der Waals surface area contributed by atoms with Crippen LogP contribution in [0.1, 0.15) is 6.92 Å². The number of hydrogen-bond acceptors (Lipinski definition) is 3. The van der Waals surface area contributed by atoms with Gasteiger partial charge in [0.15, 0.2) is 0 Å². The van der Waals surface area contributed by atoms with Crippen LogP contribution in [-0.2, 0) is 19.4 Å². The van der Waals surface area contributed by atoms with E-state index >= 15 is 0 Å². The van der Waals surface area contributed by atoms with Crippen LogP contribution in [0.4, 0.5) is 0 Å². The third-order valence-electron chi connectivity index (χ3n) is 0.851. The van der Waals surface area contributed by atoms with Gasteiger partial charge in [-0.25, -0.2) is 5.11 Å². The molecule has 0 saturated heterocycles. The molecule has 5 heteroatoms. The Labute approximate surface area is 60.9 Å². The maximum atomic E-state index is 10.3. The van der Waals surface area contributed by atoms with Gasteiger partial charge >= 0.3 is 0 Å². The molecule has 0 N–H and O–H groups in total. The van der Waals surface area contributed by atoms with E-state index in [-0.39, 0.29) is 19.1 Å². The van der Waals surface area contributed by atoms with Crippen LogP contribution >= 0.6 is 0 Å². The molecule has 0 aromatic heterocycles. The molecule has 1 atom stereocenters. The lowest BCUT2D eigenvalue weighted by Gasteiger charge is -2.04. The van der Waals surface area contributed by atoms with Crippen LogP contribution < -0.4 is 0 Å². The molecule has 0 saturated carbocycles. The Morgan fingerprint density at radius 3 is 2.30 bits per heavy atom. The van der Waals surface area contributed by atoms with E-state index in [1.165, 1.54) is 0 Å². The molecule has 10 heavy (non-hydrogen) atoms. The topological polar surface area (TPSA) is 63.3 Å². The van der Waals surface area contributed by atoms with Crippen molar-refractivity contribution in [2.75, 3.05) is 19.5 Å². The number of hydrogen-bond donors (Lipinski definition) is 0. The van der Waals surface area contributed by atoms with Gasteiger partial charge in [0, 0.05) is 5.92 Å². The fraction of sp³-hybridized carbons (Fsp3) is 1.00.